The number of aryl methyl sites for hydroxylation is 1. The van der Waals surface area contributed by atoms with E-state index in [2.05, 4.69) is 15.6 Å². The van der Waals surface area contributed by atoms with Crippen LogP contribution in [0.25, 0.3) is 0 Å². The van der Waals surface area contributed by atoms with E-state index >= 15 is 0 Å². The first kappa shape index (κ1) is 10.3. The van der Waals surface area contributed by atoms with Crippen molar-refractivity contribution in [3.63, 3.8) is 0 Å². The van der Waals surface area contributed by atoms with E-state index in [1.165, 1.54) is 11.3 Å². The Morgan fingerprint density at radius 2 is 2.31 bits per heavy atom. The molecule has 0 aromatic carbocycles. The Morgan fingerprint density at radius 1 is 1.62 bits per heavy atom. The van der Waals surface area contributed by atoms with Gasteiger partial charge in [0.05, 0.1) is 9.90 Å². The minimum atomic E-state index is -0.235. The lowest BCUT2D eigenvalue weighted by Crippen LogP contribution is -2.24. The quantitative estimate of drug-likeness (QED) is 0.744. The van der Waals surface area contributed by atoms with Gasteiger partial charge in [0.2, 0.25) is 0 Å². The van der Waals surface area contributed by atoms with Crippen molar-refractivity contribution < 1.29 is 4.79 Å². The van der Waals surface area contributed by atoms with Gasteiger partial charge in [0.25, 0.3) is 0 Å². The molecule has 6 heteroatoms. The lowest BCUT2D eigenvalue weighted by Gasteiger charge is -1.97. The van der Waals surface area contributed by atoms with Crippen molar-refractivity contribution in [1.82, 2.24) is 10.3 Å². The normalized spacial score (nSPS) is 9.77. The predicted molar refractivity (Wildman–Crippen MR) is 56.7 cm³/mol. The average molecular weight is 217 g/mol. The summed E-state index contributed by atoms with van der Waals surface area (Å²) in [6.45, 7) is 1.93. The van der Waals surface area contributed by atoms with Crippen molar-refractivity contribution in [3.05, 3.63) is 5.69 Å². The lowest BCUT2D eigenvalue weighted by molar-refractivity contribution is 0.254. The molecule has 1 aromatic rings. The summed E-state index contributed by atoms with van der Waals surface area (Å²) in [5.41, 5.74) is 0.962. The van der Waals surface area contributed by atoms with Crippen molar-refractivity contribution in [2.24, 2.45) is 0 Å². The number of rotatable bonds is 2. The third kappa shape index (κ3) is 2.60. The Hall–Kier alpha value is -0.750. The molecule has 0 unspecified atom stereocenters. The van der Waals surface area contributed by atoms with E-state index in [-0.39, 0.29) is 6.03 Å². The summed E-state index contributed by atoms with van der Waals surface area (Å²) < 4.78 is 1.13. The molecule has 1 aromatic heterocycles. The zero-order valence-electron chi connectivity index (χ0n) is 7.67. The third-order valence-corrected chi connectivity index (χ3v) is 3.67. The van der Waals surface area contributed by atoms with Crippen LogP contribution in [0, 0.1) is 6.92 Å². The fourth-order valence-corrected chi connectivity index (χ4v) is 2.39. The van der Waals surface area contributed by atoms with Crippen LogP contribution in [0.3, 0.4) is 0 Å². The maximum absolute atomic E-state index is 10.9. The number of urea groups is 1. The molecule has 1 heterocycles. The third-order valence-electron chi connectivity index (χ3n) is 1.39. The number of hydrogen-bond acceptors (Lipinski definition) is 4. The number of aromatic nitrogens is 1. The van der Waals surface area contributed by atoms with Crippen LogP contribution < -0.4 is 10.6 Å². The van der Waals surface area contributed by atoms with E-state index in [1.807, 2.05) is 13.2 Å². The van der Waals surface area contributed by atoms with Gasteiger partial charge in [-0.1, -0.05) is 11.3 Å². The summed E-state index contributed by atoms with van der Waals surface area (Å²) in [5.74, 6) is 0. The maximum Gasteiger partial charge on any atom is 0.320 e. The van der Waals surface area contributed by atoms with E-state index in [1.54, 1.807) is 18.8 Å². The highest BCUT2D eigenvalue weighted by Crippen LogP contribution is 2.29. The second-order valence-corrected chi connectivity index (χ2v) is 4.37. The standard InChI is InChI=1S/C7H11N3OS2/c1-4-5(12-3)13-7(9-4)10-6(11)8-2/h1-3H3,(H2,8,9,10,11). The highest BCUT2D eigenvalue weighted by molar-refractivity contribution is 8.00. The molecule has 0 aliphatic heterocycles. The molecule has 0 atom stereocenters. The first-order valence-electron chi connectivity index (χ1n) is 3.67. The molecule has 0 saturated carbocycles. The smallest absolute Gasteiger partial charge is 0.320 e. The number of nitrogens with one attached hydrogen (secondary N) is 2. The summed E-state index contributed by atoms with van der Waals surface area (Å²) >= 11 is 3.12. The van der Waals surface area contributed by atoms with Crippen LogP contribution in [0.4, 0.5) is 9.93 Å². The SMILES string of the molecule is CNC(=O)Nc1nc(C)c(SC)s1. The Labute approximate surface area is 85.1 Å². The van der Waals surface area contributed by atoms with E-state index < -0.39 is 0 Å². The minimum Gasteiger partial charge on any atom is -0.341 e. The van der Waals surface area contributed by atoms with Crippen LogP contribution in [-0.2, 0) is 0 Å². The molecular weight excluding hydrogens is 206 g/mol. The first-order chi connectivity index (χ1) is 6.17. The van der Waals surface area contributed by atoms with Gasteiger partial charge >= 0.3 is 6.03 Å². The zero-order valence-corrected chi connectivity index (χ0v) is 9.30. The molecular formula is C7H11N3OS2. The molecule has 0 spiro atoms. The number of amides is 2. The molecule has 0 fully saturated rings. The summed E-state index contributed by atoms with van der Waals surface area (Å²) in [7, 11) is 1.57. The average Bonchev–Trinajstić information content (AvgIpc) is 2.46. The fraction of sp³-hybridized carbons (Fsp3) is 0.429. The fourth-order valence-electron chi connectivity index (χ4n) is 0.785. The largest absolute Gasteiger partial charge is 0.341 e. The van der Waals surface area contributed by atoms with Gasteiger partial charge in [-0.2, -0.15) is 0 Å². The number of thiazole rings is 1. The maximum atomic E-state index is 10.9. The number of carbonyl (C=O) groups excluding carboxylic acids is 1. The van der Waals surface area contributed by atoms with Crippen molar-refractivity contribution >= 4 is 34.3 Å². The number of hydrogen-bond donors (Lipinski definition) is 2. The van der Waals surface area contributed by atoms with Gasteiger partial charge in [-0.05, 0) is 13.2 Å². The molecule has 1 rings (SSSR count). The molecule has 0 aliphatic rings. The van der Waals surface area contributed by atoms with Crippen LogP contribution in [0.1, 0.15) is 5.69 Å². The van der Waals surface area contributed by atoms with E-state index in [0.29, 0.717) is 5.13 Å². The number of carbonyl (C=O) groups is 1. The number of thioether (sulfide) groups is 1. The summed E-state index contributed by atoms with van der Waals surface area (Å²) in [4.78, 5) is 15.1. The minimum absolute atomic E-state index is 0.235. The Bertz CT molecular complexity index is 311. The molecule has 0 saturated heterocycles. The van der Waals surface area contributed by atoms with Gasteiger partial charge in [0.15, 0.2) is 5.13 Å². The molecule has 13 heavy (non-hydrogen) atoms. The van der Waals surface area contributed by atoms with Crippen LogP contribution in [-0.4, -0.2) is 24.3 Å². The molecule has 0 radical (unpaired) electrons. The Kier molecular flexibility index (Phi) is 3.56. The second-order valence-electron chi connectivity index (χ2n) is 2.30. The number of nitrogens with zero attached hydrogens (tertiary/aromatic N) is 1. The monoisotopic (exact) mass is 217 g/mol. The van der Waals surface area contributed by atoms with Crippen molar-refractivity contribution in [2.45, 2.75) is 11.1 Å². The molecule has 0 aliphatic carbocycles. The van der Waals surface area contributed by atoms with Crippen molar-refractivity contribution in [2.75, 3.05) is 18.6 Å². The van der Waals surface area contributed by atoms with Gasteiger partial charge in [0, 0.05) is 7.05 Å². The first-order valence-corrected chi connectivity index (χ1v) is 5.71. The van der Waals surface area contributed by atoms with E-state index in [4.69, 9.17) is 0 Å². The van der Waals surface area contributed by atoms with Gasteiger partial charge < -0.3 is 5.32 Å². The number of anilines is 1. The van der Waals surface area contributed by atoms with Gasteiger partial charge in [0.1, 0.15) is 0 Å². The highest BCUT2D eigenvalue weighted by Gasteiger charge is 2.07. The Balaban J connectivity index is 2.73. The zero-order chi connectivity index (χ0) is 9.84. The molecule has 0 bridgehead atoms. The summed E-state index contributed by atoms with van der Waals surface area (Å²) in [6.07, 6.45) is 1.99. The molecule has 2 amide bonds. The van der Waals surface area contributed by atoms with Gasteiger partial charge in [-0.25, -0.2) is 9.78 Å². The molecule has 72 valence electrons. The summed E-state index contributed by atoms with van der Waals surface area (Å²) in [5, 5.41) is 5.74. The van der Waals surface area contributed by atoms with Crippen LogP contribution in [0.2, 0.25) is 0 Å². The van der Waals surface area contributed by atoms with E-state index in [0.717, 1.165) is 9.90 Å². The molecule has 2 N–H and O–H groups in total. The molecule has 4 nitrogen and oxygen atoms in total. The van der Waals surface area contributed by atoms with Crippen LogP contribution in [0.5, 0.6) is 0 Å². The lowest BCUT2D eigenvalue weighted by atomic mass is 10.6. The highest BCUT2D eigenvalue weighted by atomic mass is 32.2. The van der Waals surface area contributed by atoms with Crippen molar-refractivity contribution in [1.29, 1.82) is 0 Å². The van der Waals surface area contributed by atoms with Gasteiger partial charge in [-0.15, -0.1) is 11.8 Å². The van der Waals surface area contributed by atoms with Crippen molar-refractivity contribution in [3.8, 4) is 0 Å². The predicted octanol–water partition coefficient (Wildman–Crippen LogP) is 1.92. The van der Waals surface area contributed by atoms with Crippen LogP contribution >= 0.6 is 23.1 Å². The summed E-state index contributed by atoms with van der Waals surface area (Å²) in [6, 6.07) is -0.235. The van der Waals surface area contributed by atoms with E-state index in [9.17, 15) is 4.79 Å². The van der Waals surface area contributed by atoms with Gasteiger partial charge in [-0.3, -0.25) is 5.32 Å². The van der Waals surface area contributed by atoms with Crippen LogP contribution in [0.15, 0.2) is 4.21 Å². The second kappa shape index (κ2) is 4.48. The topological polar surface area (TPSA) is 54.0 Å². The Morgan fingerprint density at radius 3 is 2.77 bits per heavy atom.